The van der Waals surface area contributed by atoms with E-state index in [1.54, 1.807) is 28.4 Å². The van der Waals surface area contributed by atoms with E-state index in [4.69, 9.17) is 0 Å². The van der Waals surface area contributed by atoms with Crippen LogP contribution in [0.4, 0.5) is 4.39 Å². The zero-order valence-corrected chi connectivity index (χ0v) is 21.1. The fraction of sp³-hybridized carbons (Fsp3) is 0.379. The quantitative estimate of drug-likeness (QED) is 0.361. The number of thiophene rings is 1. The Hall–Kier alpha value is -2.99. The minimum Gasteiger partial charge on any atom is -0.332 e. The number of aryl methyl sites for hydroxylation is 1. The van der Waals surface area contributed by atoms with Crippen LogP contribution in [0.1, 0.15) is 53.0 Å². The first kappa shape index (κ1) is 25.1. The molecule has 2 aromatic carbocycles. The van der Waals surface area contributed by atoms with E-state index in [1.165, 1.54) is 23.4 Å². The summed E-state index contributed by atoms with van der Waals surface area (Å²) in [7, 11) is 0. The van der Waals surface area contributed by atoms with Gasteiger partial charge in [0, 0.05) is 22.3 Å². The number of nitrogens with zero attached hydrogens (tertiary/aromatic N) is 2. The molecule has 0 bridgehead atoms. The van der Waals surface area contributed by atoms with Crippen LogP contribution in [0.5, 0.6) is 0 Å². The van der Waals surface area contributed by atoms with Gasteiger partial charge < -0.3 is 9.80 Å². The SMILES string of the molecule is Cc1ccc(CN(Cc2ccccc2)C(=O)CN(C(=O)Cc2ccc(F)cc2)C2CCCCC2)s1. The smallest absolute Gasteiger partial charge is 0.242 e. The third-order valence-corrected chi connectivity index (χ3v) is 7.61. The molecule has 1 aromatic heterocycles. The number of benzene rings is 2. The Labute approximate surface area is 211 Å². The first-order valence-corrected chi connectivity index (χ1v) is 13.2. The van der Waals surface area contributed by atoms with Crippen molar-refractivity contribution in [2.24, 2.45) is 0 Å². The van der Waals surface area contributed by atoms with Crippen LogP contribution in [0.15, 0.2) is 66.7 Å². The summed E-state index contributed by atoms with van der Waals surface area (Å²) in [6.07, 6.45) is 5.33. The van der Waals surface area contributed by atoms with Crippen LogP contribution in [0.25, 0.3) is 0 Å². The zero-order valence-electron chi connectivity index (χ0n) is 20.3. The van der Waals surface area contributed by atoms with Crippen LogP contribution in [0.2, 0.25) is 0 Å². The van der Waals surface area contributed by atoms with Crippen molar-refractivity contribution in [3.05, 3.63) is 93.4 Å². The van der Waals surface area contributed by atoms with Crippen molar-refractivity contribution in [2.45, 2.75) is 64.6 Å². The highest BCUT2D eigenvalue weighted by molar-refractivity contribution is 7.11. The highest BCUT2D eigenvalue weighted by Gasteiger charge is 2.29. The van der Waals surface area contributed by atoms with Gasteiger partial charge in [-0.3, -0.25) is 9.59 Å². The van der Waals surface area contributed by atoms with Crippen LogP contribution in [0.3, 0.4) is 0 Å². The van der Waals surface area contributed by atoms with E-state index in [0.717, 1.165) is 41.7 Å². The molecule has 0 unspecified atom stereocenters. The second kappa shape index (κ2) is 12.1. The van der Waals surface area contributed by atoms with Crippen LogP contribution in [0, 0.1) is 12.7 Å². The first-order valence-electron chi connectivity index (χ1n) is 12.4. The minimum absolute atomic E-state index is 0.0436. The minimum atomic E-state index is -0.319. The predicted octanol–water partition coefficient (Wildman–Crippen LogP) is 6.13. The monoisotopic (exact) mass is 492 g/mol. The van der Waals surface area contributed by atoms with E-state index in [0.29, 0.717) is 13.1 Å². The normalized spacial score (nSPS) is 14.0. The molecule has 3 aromatic rings. The van der Waals surface area contributed by atoms with E-state index in [-0.39, 0.29) is 36.6 Å². The lowest BCUT2D eigenvalue weighted by molar-refractivity contribution is -0.143. The van der Waals surface area contributed by atoms with Crippen molar-refractivity contribution in [3.63, 3.8) is 0 Å². The molecule has 1 fully saturated rings. The standard InChI is InChI=1S/C29H33FN2O2S/c1-22-12-17-27(35-22)20-31(19-24-8-4-2-5-9-24)29(34)21-32(26-10-6-3-7-11-26)28(33)18-23-13-15-25(30)16-14-23/h2,4-5,8-9,12-17,26H,3,6-7,10-11,18-21H2,1H3. The van der Waals surface area contributed by atoms with Crippen molar-refractivity contribution < 1.29 is 14.0 Å². The summed E-state index contributed by atoms with van der Waals surface area (Å²) >= 11 is 1.70. The van der Waals surface area contributed by atoms with E-state index >= 15 is 0 Å². The summed E-state index contributed by atoms with van der Waals surface area (Å²) in [5, 5.41) is 0. The van der Waals surface area contributed by atoms with Gasteiger partial charge in [0.1, 0.15) is 12.4 Å². The summed E-state index contributed by atoms with van der Waals surface area (Å²) in [5.41, 5.74) is 1.83. The Bertz CT molecular complexity index is 1110. The molecule has 0 spiro atoms. The molecule has 0 atom stereocenters. The van der Waals surface area contributed by atoms with E-state index in [1.807, 2.05) is 35.2 Å². The number of hydrogen-bond acceptors (Lipinski definition) is 3. The molecule has 4 rings (SSSR count). The highest BCUT2D eigenvalue weighted by atomic mass is 32.1. The molecule has 1 heterocycles. The fourth-order valence-corrected chi connectivity index (χ4v) is 5.64. The maximum Gasteiger partial charge on any atom is 0.242 e. The molecule has 0 N–H and O–H groups in total. The van der Waals surface area contributed by atoms with Crippen LogP contribution in [-0.2, 0) is 29.1 Å². The van der Waals surface area contributed by atoms with Gasteiger partial charge in [0.05, 0.1) is 13.0 Å². The molecule has 1 saturated carbocycles. The zero-order chi connectivity index (χ0) is 24.6. The lowest BCUT2D eigenvalue weighted by Gasteiger charge is -2.35. The number of carbonyl (C=O) groups excluding carboxylic acids is 2. The van der Waals surface area contributed by atoms with E-state index in [2.05, 4.69) is 19.1 Å². The maximum absolute atomic E-state index is 13.7. The van der Waals surface area contributed by atoms with Crippen molar-refractivity contribution in [3.8, 4) is 0 Å². The van der Waals surface area contributed by atoms with Crippen molar-refractivity contribution in [1.82, 2.24) is 9.80 Å². The number of hydrogen-bond donors (Lipinski definition) is 0. The number of halogens is 1. The molecule has 35 heavy (non-hydrogen) atoms. The summed E-state index contributed by atoms with van der Waals surface area (Å²) in [5.74, 6) is -0.428. The van der Waals surface area contributed by atoms with Gasteiger partial charge in [-0.05, 0) is 55.2 Å². The summed E-state index contributed by atoms with van der Waals surface area (Å²) in [4.78, 5) is 33.1. The van der Waals surface area contributed by atoms with Crippen LogP contribution in [-0.4, -0.2) is 34.2 Å². The molecule has 0 saturated heterocycles. The Morgan fingerprint density at radius 3 is 2.23 bits per heavy atom. The van der Waals surface area contributed by atoms with Gasteiger partial charge in [-0.15, -0.1) is 11.3 Å². The molecule has 1 aliphatic rings. The first-order chi connectivity index (χ1) is 17.0. The largest absolute Gasteiger partial charge is 0.332 e. The average Bonchev–Trinajstić information content (AvgIpc) is 3.29. The second-order valence-electron chi connectivity index (χ2n) is 9.36. The molecular weight excluding hydrogens is 459 g/mol. The molecule has 0 radical (unpaired) electrons. The number of amides is 2. The Kier molecular flexibility index (Phi) is 8.69. The summed E-state index contributed by atoms with van der Waals surface area (Å²) < 4.78 is 13.3. The van der Waals surface area contributed by atoms with Gasteiger partial charge in [-0.2, -0.15) is 0 Å². The molecule has 184 valence electrons. The van der Waals surface area contributed by atoms with Gasteiger partial charge in [0.25, 0.3) is 0 Å². The van der Waals surface area contributed by atoms with Gasteiger partial charge in [-0.1, -0.05) is 61.7 Å². The van der Waals surface area contributed by atoms with Crippen molar-refractivity contribution >= 4 is 23.2 Å². The van der Waals surface area contributed by atoms with Crippen LogP contribution >= 0.6 is 11.3 Å². The van der Waals surface area contributed by atoms with E-state index < -0.39 is 0 Å². The van der Waals surface area contributed by atoms with Gasteiger partial charge in [0.2, 0.25) is 11.8 Å². The lowest BCUT2D eigenvalue weighted by Crippen LogP contribution is -2.48. The van der Waals surface area contributed by atoms with Crippen LogP contribution < -0.4 is 0 Å². The van der Waals surface area contributed by atoms with Gasteiger partial charge in [0.15, 0.2) is 0 Å². The van der Waals surface area contributed by atoms with Gasteiger partial charge in [-0.25, -0.2) is 4.39 Å². The fourth-order valence-electron chi connectivity index (χ4n) is 4.73. The van der Waals surface area contributed by atoms with E-state index in [9.17, 15) is 14.0 Å². The Morgan fingerprint density at radius 2 is 1.57 bits per heavy atom. The average molecular weight is 493 g/mol. The number of rotatable bonds is 9. The molecule has 1 aliphatic carbocycles. The Balaban J connectivity index is 1.53. The molecule has 6 heteroatoms. The molecule has 0 aliphatic heterocycles. The second-order valence-corrected chi connectivity index (χ2v) is 10.7. The topological polar surface area (TPSA) is 40.6 Å². The highest BCUT2D eigenvalue weighted by Crippen LogP contribution is 2.25. The Morgan fingerprint density at radius 1 is 0.857 bits per heavy atom. The third kappa shape index (κ3) is 7.25. The van der Waals surface area contributed by atoms with Crippen molar-refractivity contribution in [2.75, 3.05) is 6.54 Å². The summed E-state index contributed by atoms with van der Waals surface area (Å²) in [6, 6.07) is 20.3. The van der Waals surface area contributed by atoms with Crippen molar-refractivity contribution in [1.29, 1.82) is 0 Å². The molecule has 2 amide bonds. The van der Waals surface area contributed by atoms with Gasteiger partial charge >= 0.3 is 0 Å². The molecule has 4 nitrogen and oxygen atoms in total. The summed E-state index contributed by atoms with van der Waals surface area (Å²) in [6.45, 7) is 3.16. The lowest BCUT2D eigenvalue weighted by atomic mass is 9.93. The number of carbonyl (C=O) groups is 2. The maximum atomic E-state index is 13.7. The molecular formula is C29H33FN2O2S. The predicted molar refractivity (Wildman–Crippen MR) is 138 cm³/mol. The third-order valence-electron chi connectivity index (χ3n) is 6.62.